The smallest absolute Gasteiger partial charge is 0.409 e. The van der Waals surface area contributed by atoms with Gasteiger partial charge in [0.1, 0.15) is 18.5 Å². The Morgan fingerprint density at radius 1 is 1.27 bits per heavy atom. The van der Waals surface area contributed by atoms with Gasteiger partial charge in [-0.2, -0.15) is 0 Å². The lowest BCUT2D eigenvalue weighted by Gasteiger charge is -2.27. The molecule has 2 atom stereocenters. The van der Waals surface area contributed by atoms with E-state index >= 15 is 0 Å². The van der Waals surface area contributed by atoms with Crippen molar-refractivity contribution in [2.75, 3.05) is 20.2 Å². The number of benzene rings is 1. The van der Waals surface area contributed by atoms with Crippen LogP contribution in [0.1, 0.15) is 44.4 Å². The molecule has 1 aromatic carbocycles. The van der Waals surface area contributed by atoms with E-state index in [-0.39, 0.29) is 18.8 Å². The molecule has 1 aromatic heterocycles. The Hall–Kier alpha value is -3.07. The quantitative estimate of drug-likeness (QED) is 0.590. The Kier molecular flexibility index (Phi) is 8.32. The maximum absolute atomic E-state index is 12.3. The zero-order valence-corrected chi connectivity index (χ0v) is 19.6. The maximum Gasteiger partial charge on any atom is 0.409 e. The number of carboxylic acid groups (broad SMARTS) is 1. The van der Waals surface area contributed by atoms with Crippen LogP contribution >= 0.6 is 0 Å². The summed E-state index contributed by atoms with van der Waals surface area (Å²) < 4.78 is 22.2. The predicted molar refractivity (Wildman–Crippen MR) is 120 cm³/mol. The molecule has 3 rings (SSSR count). The van der Waals surface area contributed by atoms with Crippen molar-refractivity contribution in [3.8, 4) is 17.1 Å². The average molecular weight is 461 g/mol. The van der Waals surface area contributed by atoms with Crippen molar-refractivity contribution in [2.24, 2.45) is 5.92 Å². The van der Waals surface area contributed by atoms with Crippen LogP contribution in [0.5, 0.6) is 5.75 Å². The third kappa shape index (κ3) is 6.71. The van der Waals surface area contributed by atoms with Crippen LogP contribution in [-0.4, -0.2) is 59.6 Å². The van der Waals surface area contributed by atoms with Gasteiger partial charge in [-0.15, -0.1) is 0 Å². The number of amides is 1. The molecule has 1 N–H and O–H groups in total. The molecule has 180 valence electrons. The fourth-order valence-corrected chi connectivity index (χ4v) is 3.50. The summed E-state index contributed by atoms with van der Waals surface area (Å²) >= 11 is 0. The van der Waals surface area contributed by atoms with E-state index < -0.39 is 12.1 Å². The standard InChI is InChI=1S/C24H32N2O7/c1-15(2)9-11-26(4)24(29)31-14-20-16(3)25-33-22(20)17-5-7-18(8-6-17)32-19-10-12-30-21(13-19)23(27)28/h5-8,15,19,21H,9-14H2,1-4H3,(H,27,28)/t19-,21+/m0/s1. The monoisotopic (exact) mass is 460 g/mol. The minimum absolute atomic E-state index is 0.0619. The molecule has 0 spiro atoms. The Bertz CT molecular complexity index is 939. The van der Waals surface area contributed by atoms with Gasteiger partial charge in [0.2, 0.25) is 0 Å². The van der Waals surface area contributed by atoms with Crippen LogP contribution in [0, 0.1) is 12.8 Å². The first-order valence-electron chi connectivity index (χ1n) is 11.2. The number of ether oxygens (including phenoxy) is 3. The molecule has 0 unspecified atom stereocenters. The second-order valence-corrected chi connectivity index (χ2v) is 8.72. The van der Waals surface area contributed by atoms with Crippen molar-refractivity contribution in [3.05, 3.63) is 35.5 Å². The van der Waals surface area contributed by atoms with Crippen LogP contribution < -0.4 is 4.74 Å². The molecule has 2 heterocycles. The molecule has 33 heavy (non-hydrogen) atoms. The largest absolute Gasteiger partial charge is 0.490 e. The van der Waals surface area contributed by atoms with Crippen LogP contribution in [0.25, 0.3) is 11.3 Å². The minimum Gasteiger partial charge on any atom is -0.490 e. The second-order valence-electron chi connectivity index (χ2n) is 8.72. The van der Waals surface area contributed by atoms with E-state index in [4.69, 9.17) is 23.8 Å². The highest BCUT2D eigenvalue weighted by atomic mass is 16.6. The van der Waals surface area contributed by atoms with Crippen molar-refractivity contribution in [1.82, 2.24) is 10.1 Å². The van der Waals surface area contributed by atoms with Gasteiger partial charge in [-0.3, -0.25) is 0 Å². The van der Waals surface area contributed by atoms with Gasteiger partial charge in [0.05, 0.1) is 17.9 Å². The Balaban J connectivity index is 1.61. The second kappa shape index (κ2) is 11.2. The molecule has 0 saturated carbocycles. The predicted octanol–water partition coefficient (Wildman–Crippen LogP) is 4.28. The summed E-state index contributed by atoms with van der Waals surface area (Å²) in [6.07, 6.45) is 0.397. The van der Waals surface area contributed by atoms with Crippen LogP contribution in [-0.2, 0) is 20.9 Å². The van der Waals surface area contributed by atoms with Gasteiger partial charge in [0.25, 0.3) is 0 Å². The van der Waals surface area contributed by atoms with Gasteiger partial charge < -0.3 is 28.7 Å². The van der Waals surface area contributed by atoms with Gasteiger partial charge in [0.15, 0.2) is 11.9 Å². The van der Waals surface area contributed by atoms with Crippen molar-refractivity contribution >= 4 is 12.1 Å². The number of carboxylic acids is 1. The highest BCUT2D eigenvalue weighted by Gasteiger charge is 2.29. The minimum atomic E-state index is -0.973. The first-order chi connectivity index (χ1) is 15.7. The highest BCUT2D eigenvalue weighted by Crippen LogP contribution is 2.29. The normalized spacial score (nSPS) is 18.2. The topological polar surface area (TPSA) is 111 Å². The number of aryl methyl sites for hydroxylation is 1. The molecule has 1 aliphatic heterocycles. The van der Waals surface area contributed by atoms with Gasteiger partial charge in [-0.1, -0.05) is 19.0 Å². The summed E-state index contributed by atoms with van der Waals surface area (Å²) in [5, 5.41) is 13.2. The Labute approximate surface area is 193 Å². The molecular weight excluding hydrogens is 428 g/mol. The fourth-order valence-electron chi connectivity index (χ4n) is 3.50. The van der Waals surface area contributed by atoms with Gasteiger partial charge in [0, 0.05) is 32.0 Å². The number of aromatic nitrogens is 1. The highest BCUT2D eigenvalue weighted by molar-refractivity contribution is 5.72. The molecule has 9 nitrogen and oxygen atoms in total. The molecule has 1 saturated heterocycles. The molecule has 9 heteroatoms. The van der Waals surface area contributed by atoms with Crippen molar-refractivity contribution in [3.63, 3.8) is 0 Å². The number of hydrogen-bond acceptors (Lipinski definition) is 7. The summed E-state index contributed by atoms with van der Waals surface area (Å²) in [4.78, 5) is 25.0. The van der Waals surface area contributed by atoms with E-state index in [2.05, 4.69) is 19.0 Å². The van der Waals surface area contributed by atoms with Crippen molar-refractivity contribution in [2.45, 2.75) is 58.8 Å². The van der Waals surface area contributed by atoms with Crippen LogP contribution in [0.4, 0.5) is 4.79 Å². The molecule has 0 radical (unpaired) electrons. The summed E-state index contributed by atoms with van der Waals surface area (Å²) in [6, 6.07) is 7.27. The zero-order chi connectivity index (χ0) is 24.0. The summed E-state index contributed by atoms with van der Waals surface area (Å²) in [5.74, 6) is 0.697. The number of carbonyl (C=O) groups excluding carboxylic acids is 1. The van der Waals surface area contributed by atoms with Crippen LogP contribution in [0.15, 0.2) is 28.8 Å². The molecule has 1 fully saturated rings. The molecule has 0 aliphatic carbocycles. The number of carbonyl (C=O) groups is 2. The van der Waals surface area contributed by atoms with E-state index in [9.17, 15) is 9.59 Å². The van der Waals surface area contributed by atoms with Gasteiger partial charge in [-0.25, -0.2) is 9.59 Å². The zero-order valence-electron chi connectivity index (χ0n) is 19.6. The lowest BCUT2D eigenvalue weighted by molar-refractivity contribution is -0.156. The number of rotatable bonds is 9. The van der Waals surface area contributed by atoms with E-state index in [0.717, 1.165) is 12.0 Å². The Morgan fingerprint density at radius 2 is 2.00 bits per heavy atom. The van der Waals surface area contributed by atoms with E-state index in [1.165, 1.54) is 0 Å². The van der Waals surface area contributed by atoms with Gasteiger partial charge >= 0.3 is 12.1 Å². The molecule has 0 bridgehead atoms. The number of nitrogens with zero attached hydrogens (tertiary/aromatic N) is 2. The summed E-state index contributed by atoms with van der Waals surface area (Å²) in [6.45, 7) is 7.07. The maximum atomic E-state index is 12.3. The number of aliphatic carboxylic acids is 1. The van der Waals surface area contributed by atoms with Gasteiger partial charge in [-0.05, 0) is 43.5 Å². The van der Waals surface area contributed by atoms with Crippen molar-refractivity contribution < 1.29 is 33.4 Å². The van der Waals surface area contributed by atoms with E-state index in [1.54, 1.807) is 31.0 Å². The lowest BCUT2D eigenvalue weighted by Crippen LogP contribution is -2.37. The Morgan fingerprint density at radius 3 is 2.67 bits per heavy atom. The first-order valence-corrected chi connectivity index (χ1v) is 11.2. The summed E-state index contributed by atoms with van der Waals surface area (Å²) in [7, 11) is 1.72. The third-order valence-corrected chi connectivity index (χ3v) is 5.61. The van der Waals surface area contributed by atoms with Crippen LogP contribution in [0.3, 0.4) is 0 Å². The van der Waals surface area contributed by atoms with Crippen molar-refractivity contribution in [1.29, 1.82) is 0 Å². The molecule has 1 aliphatic rings. The number of hydrogen-bond donors (Lipinski definition) is 1. The molecule has 2 aromatic rings. The summed E-state index contributed by atoms with van der Waals surface area (Å²) in [5.41, 5.74) is 2.14. The first kappa shape index (κ1) is 24.6. The van der Waals surface area contributed by atoms with E-state index in [0.29, 0.717) is 54.7 Å². The lowest BCUT2D eigenvalue weighted by atomic mass is 10.1. The molecule has 1 amide bonds. The van der Waals surface area contributed by atoms with Crippen LogP contribution in [0.2, 0.25) is 0 Å². The SMILES string of the molecule is Cc1noc(-c2ccc(O[C@H]3CCO[C@@H](C(=O)O)C3)cc2)c1COC(=O)N(C)CCC(C)C. The van der Waals surface area contributed by atoms with E-state index in [1.807, 2.05) is 12.1 Å². The fraction of sp³-hybridized carbons (Fsp3) is 0.542. The molecular formula is C24H32N2O7. The third-order valence-electron chi connectivity index (χ3n) is 5.61. The average Bonchev–Trinajstić information content (AvgIpc) is 3.16.